The molecule has 2 aromatic heterocycles. The van der Waals surface area contributed by atoms with Crippen molar-refractivity contribution in [3.8, 4) is 6.01 Å². The van der Waals surface area contributed by atoms with Crippen molar-refractivity contribution in [2.75, 3.05) is 6.61 Å². The average Bonchev–Trinajstić information content (AvgIpc) is 3.38. The second-order valence-electron chi connectivity index (χ2n) is 7.94. The van der Waals surface area contributed by atoms with Crippen LogP contribution in [0.15, 0.2) is 24.3 Å². The summed E-state index contributed by atoms with van der Waals surface area (Å²) in [4.78, 5) is 12.0. The highest BCUT2D eigenvalue weighted by molar-refractivity contribution is 6.32. The maximum atomic E-state index is 13.8. The molecule has 0 unspecified atom stereocenters. The predicted molar refractivity (Wildman–Crippen MR) is 110 cm³/mol. The first-order chi connectivity index (χ1) is 14.5. The molecule has 1 saturated carbocycles. The molecule has 1 N–H and O–H groups in total. The van der Waals surface area contributed by atoms with Gasteiger partial charge in [0.15, 0.2) is 5.65 Å². The molecule has 0 bridgehead atoms. The van der Waals surface area contributed by atoms with Gasteiger partial charge in [-0.3, -0.25) is 0 Å². The van der Waals surface area contributed by atoms with Gasteiger partial charge < -0.3 is 14.5 Å². The number of hydrogen-bond donors (Lipinski definition) is 1. The molecule has 1 aliphatic carbocycles. The van der Waals surface area contributed by atoms with Crippen molar-refractivity contribution in [1.29, 1.82) is 0 Å². The van der Waals surface area contributed by atoms with E-state index in [2.05, 4.69) is 21.9 Å². The highest BCUT2D eigenvalue weighted by atomic mass is 35.5. The number of benzene rings is 1. The van der Waals surface area contributed by atoms with E-state index in [1.807, 2.05) is 0 Å². The third-order valence-corrected chi connectivity index (χ3v) is 6.24. The number of fused-ring (bicyclic) bond motifs is 2. The first-order valence-electron chi connectivity index (χ1n) is 9.95. The maximum absolute atomic E-state index is 13.8. The first-order valence-corrected chi connectivity index (χ1v) is 10.3. The van der Waals surface area contributed by atoms with Gasteiger partial charge in [0.05, 0.1) is 28.9 Å². The fraction of sp³-hybridized carbons (Fsp3) is 0.364. The second kappa shape index (κ2) is 7.63. The van der Waals surface area contributed by atoms with Crippen LogP contribution in [0.25, 0.3) is 23.3 Å². The van der Waals surface area contributed by atoms with Crippen molar-refractivity contribution in [1.82, 2.24) is 15.0 Å². The van der Waals surface area contributed by atoms with Crippen LogP contribution < -0.4 is 4.74 Å². The van der Waals surface area contributed by atoms with Gasteiger partial charge in [-0.15, -0.1) is 0 Å². The minimum atomic E-state index is -0.655. The van der Waals surface area contributed by atoms with Gasteiger partial charge in [0, 0.05) is 11.6 Å². The molecule has 0 radical (unpaired) electrons. The second-order valence-corrected chi connectivity index (χ2v) is 8.35. The zero-order valence-electron chi connectivity index (χ0n) is 16.2. The van der Waals surface area contributed by atoms with Crippen LogP contribution in [0.3, 0.4) is 0 Å². The first kappa shape index (κ1) is 19.5. The summed E-state index contributed by atoms with van der Waals surface area (Å²) in [5.74, 6) is -0.190. The minimum Gasteiger partial charge on any atom is -0.459 e. The number of rotatable bonds is 4. The van der Waals surface area contributed by atoms with Gasteiger partial charge in [0.2, 0.25) is 0 Å². The number of halogens is 3. The van der Waals surface area contributed by atoms with E-state index in [9.17, 15) is 8.78 Å². The Balaban J connectivity index is 1.37. The minimum absolute atomic E-state index is 0.0307. The molecule has 1 aromatic carbocycles. The third-order valence-electron chi connectivity index (χ3n) is 5.93. The molecule has 0 amide bonds. The highest BCUT2D eigenvalue weighted by Crippen LogP contribution is 2.41. The molecule has 3 heterocycles. The summed E-state index contributed by atoms with van der Waals surface area (Å²) in [5.41, 5.74) is 1.76. The summed E-state index contributed by atoms with van der Waals surface area (Å²) in [6.07, 6.45) is 5.17. The number of nitrogens with one attached hydrogen (secondary N) is 1. The van der Waals surface area contributed by atoms with Gasteiger partial charge in [-0.1, -0.05) is 18.5 Å². The van der Waals surface area contributed by atoms with E-state index in [0.717, 1.165) is 25.5 Å². The van der Waals surface area contributed by atoms with Crippen molar-refractivity contribution in [3.63, 3.8) is 0 Å². The van der Waals surface area contributed by atoms with E-state index in [-0.39, 0.29) is 17.8 Å². The van der Waals surface area contributed by atoms with Gasteiger partial charge in [0.25, 0.3) is 6.01 Å². The van der Waals surface area contributed by atoms with Gasteiger partial charge in [-0.2, -0.15) is 4.98 Å². The Labute approximate surface area is 177 Å². The Hall–Kier alpha value is -2.51. The van der Waals surface area contributed by atoms with Crippen LogP contribution in [-0.2, 0) is 4.74 Å². The van der Waals surface area contributed by atoms with Crippen LogP contribution in [0.1, 0.15) is 31.0 Å². The topological polar surface area (TPSA) is 60.0 Å². The molecule has 4 atom stereocenters. The number of imidazole rings is 1. The number of H-pyrrole nitrogens is 1. The van der Waals surface area contributed by atoms with Gasteiger partial charge >= 0.3 is 0 Å². The van der Waals surface area contributed by atoms with E-state index in [4.69, 9.17) is 21.1 Å². The largest absolute Gasteiger partial charge is 0.459 e. The van der Waals surface area contributed by atoms with E-state index in [1.54, 1.807) is 12.1 Å². The van der Waals surface area contributed by atoms with E-state index < -0.39 is 11.6 Å². The predicted octanol–water partition coefficient (Wildman–Crippen LogP) is 5.25. The Morgan fingerprint density at radius 2 is 2.07 bits per heavy atom. The maximum Gasteiger partial charge on any atom is 0.296 e. The van der Waals surface area contributed by atoms with Gasteiger partial charge in [-0.25, -0.2) is 13.8 Å². The summed E-state index contributed by atoms with van der Waals surface area (Å²) in [7, 11) is 0. The van der Waals surface area contributed by atoms with Crippen LogP contribution in [-0.4, -0.2) is 33.8 Å². The van der Waals surface area contributed by atoms with Crippen molar-refractivity contribution in [2.24, 2.45) is 11.8 Å². The lowest BCUT2D eigenvalue weighted by molar-refractivity contribution is 0.0153. The molecule has 3 aromatic rings. The molecule has 5 rings (SSSR count). The molecular formula is C22H20ClF2N3O2. The Kier molecular flexibility index (Phi) is 4.95. The molecule has 2 fully saturated rings. The van der Waals surface area contributed by atoms with Crippen LogP contribution >= 0.6 is 11.6 Å². The molecule has 2 aliphatic rings. The highest BCUT2D eigenvalue weighted by Gasteiger charge is 2.45. The van der Waals surface area contributed by atoms with Crippen LogP contribution in [0.2, 0.25) is 5.02 Å². The van der Waals surface area contributed by atoms with Crippen molar-refractivity contribution < 1.29 is 18.3 Å². The summed E-state index contributed by atoms with van der Waals surface area (Å²) < 4.78 is 38.9. The molecular weight excluding hydrogens is 412 g/mol. The zero-order valence-corrected chi connectivity index (χ0v) is 17.0. The van der Waals surface area contributed by atoms with Crippen LogP contribution in [0.4, 0.5) is 8.78 Å². The Morgan fingerprint density at radius 1 is 1.20 bits per heavy atom. The lowest BCUT2D eigenvalue weighted by Gasteiger charge is -2.18. The van der Waals surface area contributed by atoms with Gasteiger partial charge in [-0.05, 0) is 55.0 Å². The molecule has 5 nitrogen and oxygen atoms in total. The molecule has 156 valence electrons. The summed E-state index contributed by atoms with van der Waals surface area (Å²) >= 11 is 6.33. The number of pyridine rings is 1. The fourth-order valence-electron chi connectivity index (χ4n) is 4.34. The van der Waals surface area contributed by atoms with Crippen LogP contribution in [0, 0.1) is 23.5 Å². The Bertz CT molecular complexity index is 1130. The summed E-state index contributed by atoms with van der Waals surface area (Å²) in [6.45, 7) is 2.99. The van der Waals surface area contributed by atoms with Crippen molar-refractivity contribution in [2.45, 2.75) is 32.0 Å². The smallest absolute Gasteiger partial charge is 0.296 e. The van der Waals surface area contributed by atoms with Crippen molar-refractivity contribution >= 4 is 34.9 Å². The standard InChI is InChI=1S/C22H20ClF2N3O2/c1-11-10-29-20-14(11)5-7-19(20)30-22-27-18-9-15(23)17(26-21(18)28-22)6-3-12-2-4-13(24)8-16(12)25/h2-4,6,8-9,11,14,19-20H,5,7,10H2,1H3,(H,26,27,28)/b6-3+/t11-,14-,19-,20+/m1/s1. The molecule has 1 aliphatic heterocycles. The van der Waals surface area contributed by atoms with E-state index in [1.165, 1.54) is 18.2 Å². The molecule has 8 heteroatoms. The van der Waals surface area contributed by atoms with Crippen LogP contribution in [0.5, 0.6) is 6.01 Å². The molecule has 1 saturated heterocycles. The lowest BCUT2D eigenvalue weighted by atomic mass is 9.94. The monoisotopic (exact) mass is 431 g/mol. The third kappa shape index (κ3) is 3.56. The number of aromatic amines is 1. The zero-order chi connectivity index (χ0) is 20.8. The summed E-state index contributed by atoms with van der Waals surface area (Å²) in [6, 6.07) is 5.47. The number of hydrogen-bond acceptors (Lipinski definition) is 4. The number of nitrogens with zero attached hydrogens (tertiary/aromatic N) is 2. The lowest BCUT2D eigenvalue weighted by Crippen LogP contribution is -2.29. The molecule has 30 heavy (non-hydrogen) atoms. The van der Waals surface area contributed by atoms with E-state index >= 15 is 0 Å². The average molecular weight is 432 g/mol. The quantitative estimate of drug-likeness (QED) is 0.612. The molecule has 0 spiro atoms. The number of ether oxygens (including phenoxy) is 2. The number of aromatic nitrogens is 3. The van der Waals surface area contributed by atoms with Crippen molar-refractivity contribution in [3.05, 3.63) is 52.2 Å². The normalized spacial score (nSPS) is 26.0. The van der Waals surface area contributed by atoms with E-state index in [0.29, 0.717) is 39.7 Å². The van der Waals surface area contributed by atoms with Gasteiger partial charge in [0.1, 0.15) is 17.7 Å². The SMILES string of the molecule is C[C@@H]1CO[C@H]2[C@@H]1CC[C@H]2Oc1nc2nc(/C=C/c3ccc(F)cc3F)c(Cl)cc2[nH]1. The Morgan fingerprint density at radius 3 is 2.90 bits per heavy atom. The summed E-state index contributed by atoms with van der Waals surface area (Å²) in [5, 5.41) is 0.380. The fourth-order valence-corrected chi connectivity index (χ4v) is 4.56.